The summed E-state index contributed by atoms with van der Waals surface area (Å²) in [4.78, 5) is 23.0. The van der Waals surface area contributed by atoms with Crippen molar-refractivity contribution in [3.8, 4) is 5.75 Å². The summed E-state index contributed by atoms with van der Waals surface area (Å²) in [6.45, 7) is 3.85. The van der Waals surface area contributed by atoms with E-state index in [1.165, 1.54) is 19.3 Å². The standard InChI is InChI=1S/C19H27NO3/c1-14-5-3-4-6-18(14)20-19(22)13-23-17-11-9-16(10-12-17)8-7-15(2)21/h9-12,14,18H,3-8,13H2,1-2H3,(H,20,22)/t14-,18+/m0/s1. The number of hydrogen-bond acceptors (Lipinski definition) is 3. The molecule has 0 bridgehead atoms. The molecule has 1 amide bonds. The molecule has 0 heterocycles. The lowest BCUT2D eigenvalue weighted by Crippen LogP contribution is -2.43. The van der Waals surface area contributed by atoms with Crippen LogP contribution in [-0.2, 0) is 16.0 Å². The average Bonchev–Trinajstić information content (AvgIpc) is 2.54. The second kappa shape index (κ2) is 8.70. The van der Waals surface area contributed by atoms with Gasteiger partial charge in [-0.05, 0) is 49.8 Å². The van der Waals surface area contributed by atoms with Crippen LogP contribution in [0.2, 0.25) is 0 Å². The van der Waals surface area contributed by atoms with Crippen LogP contribution in [0.15, 0.2) is 24.3 Å². The van der Waals surface area contributed by atoms with Gasteiger partial charge in [-0.15, -0.1) is 0 Å². The third-order valence-corrected chi connectivity index (χ3v) is 4.52. The molecule has 1 aromatic rings. The quantitative estimate of drug-likeness (QED) is 0.839. The molecule has 1 aliphatic carbocycles. The number of ether oxygens (including phenoxy) is 1. The van der Waals surface area contributed by atoms with E-state index in [-0.39, 0.29) is 24.3 Å². The van der Waals surface area contributed by atoms with Crippen LogP contribution in [0.1, 0.15) is 51.5 Å². The first-order valence-electron chi connectivity index (χ1n) is 8.55. The fraction of sp³-hybridized carbons (Fsp3) is 0.579. The van der Waals surface area contributed by atoms with Crippen molar-refractivity contribution in [2.75, 3.05) is 6.61 Å². The predicted octanol–water partition coefficient (Wildman–Crippen LogP) is 3.28. The lowest BCUT2D eigenvalue weighted by molar-refractivity contribution is -0.124. The Hall–Kier alpha value is -1.84. The highest BCUT2D eigenvalue weighted by molar-refractivity contribution is 5.78. The van der Waals surface area contributed by atoms with Crippen molar-refractivity contribution < 1.29 is 14.3 Å². The number of aryl methyl sites for hydroxylation is 1. The number of benzene rings is 1. The van der Waals surface area contributed by atoms with E-state index >= 15 is 0 Å². The number of hydrogen-bond donors (Lipinski definition) is 1. The van der Waals surface area contributed by atoms with Gasteiger partial charge in [0.2, 0.25) is 0 Å². The molecule has 4 heteroatoms. The maximum Gasteiger partial charge on any atom is 0.258 e. The normalized spacial score (nSPS) is 20.8. The molecule has 0 saturated heterocycles. The number of ketones is 1. The Kier molecular flexibility index (Phi) is 6.63. The van der Waals surface area contributed by atoms with Gasteiger partial charge >= 0.3 is 0 Å². The van der Waals surface area contributed by atoms with Gasteiger partial charge in [-0.25, -0.2) is 0 Å². The van der Waals surface area contributed by atoms with Crippen molar-refractivity contribution >= 4 is 11.7 Å². The van der Waals surface area contributed by atoms with E-state index in [9.17, 15) is 9.59 Å². The van der Waals surface area contributed by atoms with Gasteiger partial charge in [0, 0.05) is 12.5 Å². The van der Waals surface area contributed by atoms with Crippen LogP contribution in [0.25, 0.3) is 0 Å². The number of rotatable bonds is 7. The second-order valence-corrected chi connectivity index (χ2v) is 6.57. The summed E-state index contributed by atoms with van der Waals surface area (Å²) in [5.74, 6) is 1.38. The number of Topliss-reactive ketones (excluding diaryl/α,β-unsaturated/α-hetero) is 1. The maximum atomic E-state index is 12.0. The molecule has 2 rings (SSSR count). The van der Waals surface area contributed by atoms with Crippen LogP contribution in [0, 0.1) is 5.92 Å². The van der Waals surface area contributed by atoms with Crippen LogP contribution in [-0.4, -0.2) is 24.3 Å². The second-order valence-electron chi connectivity index (χ2n) is 6.57. The monoisotopic (exact) mass is 317 g/mol. The lowest BCUT2D eigenvalue weighted by atomic mass is 9.86. The van der Waals surface area contributed by atoms with Crippen molar-refractivity contribution in [3.05, 3.63) is 29.8 Å². The van der Waals surface area contributed by atoms with E-state index in [1.807, 2.05) is 24.3 Å². The molecule has 0 aromatic heterocycles. The summed E-state index contributed by atoms with van der Waals surface area (Å²) in [5, 5.41) is 3.08. The highest BCUT2D eigenvalue weighted by Crippen LogP contribution is 2.23. The summed E-state index contributed by atoms with van der Waals surface area (Å²) >= 11 is 0. The number of carbonyl (C=O) groups excluding carboxylic acids is 2. The van der Waals surface area contributed by atoms with Gasteiger partial charge in [0.25, 0.3) is 5.91 Å². The Balaban J connectivity index is 1.74. The first kappa shape index (κ1) is 17.5. The van der Waals surface area contributed by atoms with Gasteiger partial charge in [0.05, 0.1) is 0 Å². The summed E-state index contributed by atoms with van der Waals surface area (Å²) in [5.41, 5.74) is 1.10. The number of nitrogens with one attached hydrogen (secondary N) is 1. The van der Waals surface area contributed by atoms with Crippen LogP contribution in [0.5, 0.6) is 5.75 Å². The van der Waals surface area contributed by atoms with Crippen molar-refractivity contribution in [1.29, 1.82) is 0 Å². The Morgan fingerprint density at radius 2 is 1.87 bits per heavy atom. The Bertz CT molecular complexity index is 524. The van der Waals surface area contributed by atoms with E-state index in [1.54, 1.807) is 6.92 Å². The molecule has 126 valence electrons. The van der Waals surface area contributed by atoms with Crippen LogP contribution in [0.3, 0.4) is 0 Å². The minimum absolute atomic E-state index is 0.0515. The van der Waals surface area contributed by atoms with Gasteiger partial charge in [-0.2, -0.15) is 0 Å². The topological polar surface area (TPSA) is 55.4 Å². The van der Waals surface area contributed by atoms with E-state index < -0.39 is 0 Å². The highest BCUT2D eigenvalue weighted by Gasteiger charge is 2.22. The van der Waals surface area contributed by atoms with Gasteiger partial charge < -0.3 is 14.8 Å². The third-order valence-electron chi connectivity index (χ3n) is 4.52. The summed E-state index contributed by atoms with van der Waals surface area (Å²) in [6.07, 6.45) is 6.01. The molecule has 0 aliphatic heterocycles. The Morgan fingerprint density at radius 1 is 1.17 bits per heavy atom. The average molecular weight is 317 g/mol. The molecule has 1 saturated carbocycles. The lowest BCUT2D eigenvalue weighted by Gasteiger charge is -2.29. The summed E-state index contributed by atoms with van der Waals surface area (Å²) < 4.78 is 5.55. The fourth-order valence-electron chi connectivity index (χ4n) is 3.00. The molecule has 0 radical (unpaired) electrons. The minimum Gasteiger partial charge on any atom is -0.484 e. The van der Waals surface area contributed by atoms with Crippen molar-refractivity contribution in [2.45, 2.75) is 58.4 Å². The molecule has 0 spiro atoms. The molecular weight excluding hydrogens is 290 g/mol. The smallest absolute Gasteiger partial charge is 0.258 e. The summed E-state index contributed by atoms with van der Waals surface area (Å²) in [7, 11) is 0. The molecule has 2 atom stereocenters. The van der Waals surface area contributed by atoms with Gasteiger partial charge in [-0.1, -0.05) is 31.9 Å². The van der Waals surface area contributed by atoms with Gasteiger partial charge in [0.1, 0.15) is 11.5 Å². The molecule has 1 N–H and O–H groups in total. The Morgan fingerprint density at radius 3 is 2.52 bits per heavy atom. The zero-order chi connectivity index (χ0) is 16.7. The van der Waals surface area contributed by atoms with Crippen molar-refractivity contribution in [3.63, 3.8) is 0 Å². The van der Waals surface area contributed by atoms with E-state index in [0.717, 1.165) is 18.4 Å². The molecule has 1 aromatic carbocycles. The first-order valence-corrected chi connectivity index (χ1v) is 8.55. The molecule has 1 fully saturated rings. The highest BCUT2D eigenvalue weighted by atomic mass is 16.5. The van der Waals surface area contributed by atoms with Crippen molar-refractivity contribution in [2.24, 2.45) is 5.92 Å². The molecular formula is C19H27NO3. The summed E-state index contributed by atoms with van der Waals surface area (Å²) in [6, 6.07) is 7.88. The predicted molar refractivity (Wildman–Crippen MR) is 90.5 cm³/mol. The van der Waals surface area contributed by atoms with Crippen molar-refractivity contribution in [1.82, 2.24) is 5.32 Å². The van der Waals surface area contributed by atoms with E-state index in [0.29, 0.717) is 18.1 Å². The maximum absolute atomic E-state index is 12.0. The molecule has 1 aliphatic rings. The number of amides is 1. The fourth-order valence-corrected chi connectivity index (χ4v) is 3.00. The van der Waals surface area contributed by atoms with Crippen LogP contribution in [0.4, 0.5) is 0 Å². The minimum atomic E-state index is -0.0515. The Labute approximate surface area is 138 Å². The molecule has 4 nitrogen and oxygen atoms in total. The molecule has 0 unspecified atom stereocenters. The largest absolute Gasteiger partial charge is 0.484 e. The zero-order valence-corrected chi connectivity index (χ0v) is 14.1. The van der Waals surface area contributed by atoms with Gasteiger partial charge in [0.15, 0.2) is 6.61 Å². The van der Waals surface area contributed by atoms with E-state index in [4.69, 9.17) is 4.74 Å². The first-order chi connectivity index (χ1) is 11.0. The third kappa shape index (κ3) is 6.05. The van der Waals surface area contributed by atoms with Crippen LogP contribution < -0.4 is 10.1 Å². The molecule has 23 heavy (non-hydrogen) atoms. The zero-order valence-electron chi connectivity index (χ0n) is 14.1. The number of carbonyl (C=O) groups is 2. The van der Waals surface area contributed by atoms with Crippen LogP contribution >= 0.6 is 0 Å². The van der Waals surface area contributed by atoms with E-state index in [2.05, 4.69) is 12.2 Å². The SMILES string of the molecule is CC(=O)CCc1ccc(OCC(=O)N[C@@H]2CCCC[C@@H]2C)cc1. The van der Waals surface area contributed by atoms with Gasteiger partial charge in [-0.3, -0.25) is 4.79 Å².